The largest absolute Gasteiger partial charge is 0.281 e. The quantitative estimate of drug-likeness (QED) is 0.813. The molecule has 2 aromatic carbocycles. The van der Waals surface area contributed by atoms with Gasteiger partial charge >= 0.3 is 0 Å². The molecule has 3 rings (SSSR count). The highest BCUT2D eigenvalue weighted by Crippen LogP contribution is 2.39. The first-order valence-electron chi connectivity index (χ1n) is 7.00. The van der Waals surface area contributed by atoms with Crippen LogP contribution in [0.2, 0.25) is 0 Å². The summed E-state index contributed by atoms with van der Waals surface area (Å²) in [5.74, 6) is -0.147. The van der Waals surface area contributed by atoms with Crippen LogP contribution in [0.15, 0.2) is 66.9 Å². The Hall–Kier alpha value is -2.42. The van der Waals surface area contributed by atoms with Gasteiger partial charge in [0.1, 0.15) is 5.82 Å². The number of hydrogen-bond donors (Lipinski definition) is 0. The number of carbonyl (C=O) groups excluding carboxylic acids is 1. The lowest BCUT2D eigenvalue weighted by atomic mass is 10.1. The lowest BCUT2D eigenvalue weighted by Gasteiger charge is -2.25. The zero-order valence-corrected chi connectivity index (χ0v) is 11.6. The normalized spacial score (nSPS) is 13.8. The fourth-order valence-corrected chi connectivity index (χ4v) is 2.31. The number of carbonyl (C=O) groups is 1. The fraction of sp³-hybridized carbons (Fsp3) is 0.167. The minimum absolute atomic E-state index is 0.168. The van der Waals surface area contributed by atoms with Crippen molar-refractivity contribution in [1.82, 2.24) is 0 Å². The molecule has 0 spiro atoms. The molecule has 0 radical (unpaired) electrons. The molecule has 0 unspecified atom stereocenters. The number of benzene rings is 2. The predicted octanol–water partition coefficient (Wildman–Crippen LogP) is 4.40. The summed E-state index contributed by atoms with van der Waals surface area (Å²) in [6.45, 7) is 4.09. The van der Waals surface area contributed by atoms with Crippen molar-refractivity contribution in [2.75, 3.05) is 4.90 Å². The van der Waals surface area contributed by atoms with Crippen molar-refractivity contribution >= 4 is 11.6 Å². The van der Waals surface area contributed by atoms with Gasteiger partial charge in [0.25, 0.3) is 5.91 Å². The second-order valence-corrected chi connectivity index (χ2v) is 5.25. The van der Waals surface area contributed by atoms with E-state index in [2.05, 4.69) is 6.58 Å². The molecule has 0 atom stereocenters. The van der Waals surface area contributed by atoms with E-state index in [1.54, 1.807) is 4.90 Å². The standard InChI is InChI=1S/C18H16FNO/c1-13(14-7-8-14)20(17-5-3-2-4-6-17)18(21)15-9-11-16(19)12-10-15/h2-6,9-12,14H,1,7-8H2. The maximum absolute atomic E-state index is 13.0. The molecule has 1 amide bonds. The van der Waals surface area contributed by atoms with Crippen molar-refractivity contribution in [2.45, 2.75) is 12.8 Å². The number of hydrogen-bond acceptors (Lipinski definition) is 1. The van der Waals surface area contributed by atoms with Crippen LogP contribution in [0.25, 0.3) is 0 Å². The van der Waals surface area contributed by atoms with Crippen molar-refractivity contribution in [1.29, 1.82) is 0 Å². The van der Waals surface area contributed by atoms with Crippen molar-refractivity contribution < 1.29 is 9.18 Å². The molecule has 106 valence electrons. The predicted molar refractivity (Wildman–Crippen MR) is 81.5 cm³/mol. The van der Waals surface area contributed by atoms with Gasteiger partial charge < -0.3 is 0 Å². The van der Waals surface area contributed by atoms with E-state index in [1.807, 2.05) is 30.3 Å². The van der Waals surface area contributed by atoms with Gasteiger partial charge in [-0.05, 0) is 55.2 Å². The van der Waals surface area contributed by atoms with E-state index in [1.165, 1.54) is 24.3 Å². The summed E-state index contributed by atoms with van der Waals surface area (Å²) in [6, 6.07) is 15.1. The summed E-state index contributed by atoms with van der Waals surface area (Å²) in [5, 5.41) is 0. The summed E-state index contributed by atoms with van der Waals surface area (Å²) in [6.07, 6.45) is 2.14. The third kappa shape index (κ3) is 2.87. The van der Waals surface area contributed by atoms with Gasteiger partial charge in [0.2, 0.25) is 0 Å². The van der Waals surface area contributed by atoms with Crippen LogP contribution in [0.1, 0.15) is 23.2 Å². The molecule has 0 saturated heterocycles. The molecule has 1 saturated carbocycles. The van der Waals surface area contributed by atoms with Gasteiger partial charge in [0, 0.05) is 16.9 Å². The summed E-state index contributed by atoms with van der Waals surface area (Å²) < 4.78 is 13.0. The van der Waals surface area contributed by atoms with Crippen LogP contribution in [-0.2, 0) is 0 Å². The molecule has 0 bridgehead atoms. The number of amides is 1. The second kappa shape index (κ2) is 5.52. The third-order valence-corrected chi connectivity index (χ3v) is 3.64. The lowest BCUT2D eigenvalue weighted by molar-refractivity contribution is 0.0993. The molecule has 2 aromatic rings. The van der Waals surface area contributed by atoms with Crippen LogP contribution in [0.3, 0.4) is 0 Å². The zero-order chi connectivity index (χ0) is 14.8. The Bertz CT molecular complexity index is 659. The highest BCUT2D eigenvalue weighted by atomic mass is 19.1. The van der Waals surface area contributed by atoms with Gasteiger partial charge in [0.15, 0.2) is 0 Å². The van der Waals surface area contributed by atoms with Gasteiger partial charge in [-0.25, -0.2) is 4.39 Å². The number of allylic oxidation sites excluding steroid dienone is 1. The van der Waals surface area contributed by atoms with Crippen LogP contribution < -0.4 is 4.90 Å². The Balaban J connectivity index is 1.96. The maximum Gasteiger partial charge on any atom is 0.262 e. The first kappa shape index (κ1) is 13.6. The Labute approximate surface area is 123 Å². The Morgan fingerprint density at radius 3 is 2.24 bits per heavy atom. The van der Waals surface area contributed by atoms with Gasteiger partial charge in [0.05, 0.1) is 0 Å². The van der Waals surface area contributed by atoms with Gasteiger partial charge in [-0.2, -0.15) is 0 Å². The van der Waals surface area contributed by atoms with E-state index < -0.39 is 0 Å². The van der Waals surface area contributed by atoms with Gasteiger partial charge in [-0.3, -0.25) is 9.69 Å². The van der Waals surface area contributed by atoms with Crippen molar-refractivity contribution in [3.8, 4) is 0 Å². The molecule has 0 N–H and O–H groups in total. The molecule has 0 aliphatic heterocycles. The van der Waals surface area contributed by atoms with Crippen molar-refractivity contribution in [3.05, 3.63) is 78.3 Å². The fourth-order valence-electron chi connectivity index (χ4n) is 2.31. The summed E-state index contributed by atoms with van der Waals surface area (Å²) in [4.78, 5) is 14.4. The number of rotatable bonds is 4. The van der Waals surface area contributed by atoms with Crippen LogP contribution in [0.4, 0.5) is 10.1 Å². The molecule has 0 aromatic heterocycles. The molecule has 2 nitrogen and oxygen atoms in total. The molecule has 1 fully saturated rings. The summed E-state index contributed by atoms with van der Waals surface area (Å²) in [7, 11) is 0. The minimum Gasteiger partial charge on any atom is -0.281 e. The van der Waals surface area contributed by atoms with E-state index in [0.717, 1.165) is 24.2 Å². The average Bonchev–Trinajstić information content (AvgIpc) is 3.34. The van der Waals surface area contributed by atoms with E-state index >= 15 is 0 Å². The van der Waals surface area contributed by atoms with Crippen molar-refractivity contribution in [2.24, 2.45) is 5.92 Å². The summed E-state index contributed by atoms with van der Waals surface area (Å²) in [5.41, 5.74) is 2.07. The number of halogens is 1. The summed E-state index contributed by atoms with van der Waals surface area (Å²) >= 11 is 0. The monoisotopic (exact) mass is 281 g/mol. The molecule has 1 aliphatic rings. The van der Waals surface area contributed by atoms with E-state index in [4.69, 9.17) is 0 Å². The molecule has 1 aliphatic carbocycles. The first-order chi connectivity index (χ1) is 10.2. The molecule has 3 heteroatoms. The van der Waals surface area contributed by atoms with Crippen LogP contribution in [-0.4, -0.2) is 5.91 Å². The Morgan fingerprint density at radius 1 is 1.05 bits per heavy atom. The zero-order valence-electron chi connectivity index (χ0n) is 11.6. The molecular formula is C18H16FNO. The molecular weight excluding hydrogens is 265 g/mol. The average molecular weight is 281 g/mol. The van der Waals surface area contributed by atoms with E-state index in [9.17, 15) is 9.18 Å². The van der Waals surface area contributed by atoms with E-state index in [0.29, 0.717) is 11.5 Å². The third-order valence-electron chi connectivity index (χ3n) is 3.64. The van der Waals surface area contributed by atoms with Crippen LogP contribution >= 0.6 is 0 Å². The van der Waals surface area contributed by atoms with E-state index in [-0.39, 0.29) is 11.7 Å². The number of anilines is 1. The SMILES string of the molecule is C=C(C1CC1)N(C(=O)c1ccc(F)cc1)c1ccccc1. The topological polar surface area (TPSA) is 20.3 Å². The smallest absolute Gasteiger partial charge is 0.262 e. The molecule has 21 heavy (non-hydrogen) atoms. The first-order valence-corrected chi connectivity index (χ1v) is 7.00. The molecule has 0 heterocycles. The van der Waals surface area contributed by atoms with Gasteiger partial charge in [-0.15, -0.1) is 0 Å². The van der Waals surface area contributed by atoms with Crippen molar-refractivity contribution in [3.63, 3.8) is 0 Å². The lowest BCUT2D eigenvalue weighted by Crippen LogP contribution is -2.30. The second-order valence-electron chi connectivity index (χ2n) is 5.25. The highest BCUT2D eigenvalue weighted by molar-refractivity contribution is 6.08. The Kier molecular flexibility index (Phi) is 3.57. The van der Waals surface area contributed by atoms with Crippen LogP contribution in [0, 0.1) is 11.7 Å². The highest BCUT2D eigenvalue weighted by Gasteiger charge is 2.32. The number of para-hydroxylation sites is 1. The van der Waals surface area contributed by atoms with Gasteiger partial charge in [-0.1, -0.05) is 24.8 Å². The minimum atomic E-state index is -0.348. The number of nitrogens with zero attached hydrogens (tertiary/aromatic N) is 1. The Morgan fingerprint density at radius 2 is 1.67 bits per heavy atom. The van der Waals surface area contributed by atoms with Crippen LogP contribution in [0.5, 0.6) is 0 Å². The maximum atomic E-state index is 13.0.